The van der Waals surface area contributed by atoms with Crippen molar-refractivity contribution in [3.05, 3.63) is 77.3 Å². The number of rotatable bonds is 4. The summed E-state index contributed by atoms with van der Waals surface area (Å²) in [5.41, 5.74) is 6.92. The zero-order valence-corrected chi connectivity index (χ0v) is 16.9. The molecule has 5 aromatic rings. The second-order valence-corrected chi connectivity index (χ2v) is 7.45. The fraction of sp³-hybridized carbons (Fsp3) is 0.0435. The average Bonchev–Trinajstić information content (AvgIpc) is 3.05. The number of nitrogens with one attached hydrogen (secondary N) is 1. The number of hydrazone groups is 1. The summed E-state index contributed by atoms with van der Waals surface area (Å²) in [6.45, 7) is 0.0154. The summed E-state index contributed by atoms with van der Waals surface area (Å²) in [5, 5.41) is 14.8. The molecule has 1 amide bonds. The Morgan fingerprint density at radius 3 is 2.58 bits per heavy atom. The van der Waals surface area contributed by atoms with Gasteiger partial charge in [-0.1, -0.05) is 23.7 Å². The Morgan fingerprint density at radius 2 is 1.81 bits per heavy atom. The number of para-hydroxylation sites is 2. The molecule has 0 spiro atoms. The maximum absolute atomic E-state index is 12.6. The summed E-state index contributed by atoms with van der Waals surface area (Å²) in [7, 11) is 0. The molecule has 2 N–H and O–H groups in total. The monoisotopic (exact) mass is 429 g/mol. The summed E-state index contributed by atoms with van der Waals surface area (Å²) in [6.07, 6.45) is 1.51. The molecule has 2 aromatic heterocycles. The lowest BCUT2D eigenvalue weighted by Gasteiger charge is -2.06. The van der Waals surface area contributed by atoms with Crippen molar-refractivity contribution in [3.8, 4) is 5.75 Å². The van der Waals surface area contributed by atoms with Crippen LogP contribution in [0.15, 0.2) is 71.8 Å². The summed E-state index contributed by atoms with van der Waals surface area (Å²) in [4.78, 5) is 22.1. The van der Waals surface area contributed by atoms with Gasteiger partial charge in [0.25, 0.3) is 5.91 Å². The summed E-state index contributed by atoms with van der Waals surface area (Å²) in [6, 6.07) is 19.6. The van der Waals surface area contributed by atoms with Crippen molar-refractivity contribution in [1.82, 2.24) is 20.0 Å². The zero-order valence-electron chi connectivity index (χ0n) is 16.2. The molecule has 5 rings (SSSR count). The van der Waals surface area contributed by atoms with E-state index in [9.17, 15) is 9.90 Å². The molecule has 7 nitrogen and oxygen atoms in total. The van der Waals surface area contributed by atoms with Crippen LogP contribution in [0, 0.1) is 0 Å². The van der Waals surface area contributed by atoms with E-state index in [1.165, 1.54) is 6.21 Å². The van der Waals surface area contributed by atoms with Gasteiger partial charge in [-0.05, 0) is 60.2 Å². The lowest BCUT2D eigenvalue weighted by atomic mass is 10.2. The molecular formula is C23H16ClN5O2. The van der Waals surface area contributed by atoms with E-state index < -0.39 is 0 Å². The number of aromatic nitrogens is 3. The van der Waals surface area contributed by atoms with Crippen molar-refractivity contribution in [3.63, 3.8) is 0 Å². The highest BCUT2D eigenvalue weighted by atomic mass is 35.5. The van der Waals surface area contributed by atoms with Gasteiger partial charge in [-0.15, -0.1) is 0 Å². The minimum Gasteiger partial charge on any atom is -0.508 e. The van der Waals surface area contributed by atoms with Crippen LogP contribution in [0.4, 0.5) is 0 Å². The third-order valence-electron chi connectivity index (χ3n) is 4.91. The van der Waals surface area contributed by atoms with Gasteiger partial charge in [-0.2, -0.15) is 5.10 Å². The summed E-state index contributed by atoms with van der Waals surface area (Å²) >= 11 is 6.22. The number of nitrogens with zero attached hydrogens (tertiary/aromatic N) is 4. The highest BCUT2D eigenvalue weighted by molar-refractivity contribution is 6.31. The standard InChI is InChI=1S/C23H16ClN5O2/c24-15-7-10-20-17(11-15)22-23(27-19-4-2-1-3-18(19)26-22)29(20)13-21(31)28-25-12-14-5-8-16(30)9-6-14/h1-12,30H,13H2,(H,28,31)/b25-12+. The number of carbonyl (C=O) groups is 1. The topological polar surface area (TPSA) is 92.4 Å². The van der Waals surface area contributed by atoms with Crippen molar-refractivity contribution in [2.75, 3.05) is 0 Å². The lowest BCUT2D eigenvalue weighted by molar-refractivity contribution is -0.121. The first kappa shape index (κ1) is 19.0. The van der Waals surface area contributed by atoms with Crippen LogP contribution < -0.4 is 5.43 Å². The Kier molecular flexibility index (Phi) is 4.72. The number of amides is 1. The first-order valence-electron chi connectivity index (χ1n) is 9.54. The Hall–Kier alpha value is -3.97. The van der Waals surface area contributed by atoms with Crippen LogP contribution in [0.2, 0.25) is 5.02 Å². The van der Waals surface area contributed by atoms with Gasteiger partial charge in [0.2, 0.25) is 0 Å². The van der Waals surface area contributed by atoms with E-state index in [1.807, 2.05) is 41.0 Å². The molecule has 152 valence electrons. The smallest absolute Gasteiger partial charge is 0.260 e. The number of carbonyl (C=O) groups excluding carboxylic acids is 1. The van der Waals surface area contributed by atoms with E-state index in [0.29, 0.717) is 16.2 Å². The number of hydrogen-bond acceptors (Lipinski definition) is 5. The van der Waals surface area contributed by atoms with E-state index in [2.05, 4.69) is 10.5 Å². The molecule has 0 bridgehead atoms. The van der Waals surface area contributed by atoms with Crippen molar-refractivity contribution >= 4 is 56.8 Å². The highest BCUT2D eigenvalue weighted by Gasteiger charge is 2.17. The van der Waals surface area contributed by atoms with E-state index >= 15 is 0 Å². The Labute approximate surface area is 181 Å². The van der Waals surface area contributed by atoms with E-state index in [1.54, 1.807) is 30.3 Å². The lowest BCUT2D eigenvalue weighted by Crippen LogP contribution is -2.23. The zero-order chi connectivity index (χ0) is 21.4. The van der Waals surface area contributed by atoms with Crippen molar-refractivity contribution in [2.24, 2.45) is 5.10 Å². The van der Waals surface area contributed by atoms with Crippen LogP contribution in [0.5, 0.6) is 5.75 Å². The van der Waals surface area contributed by atoms with Gasteiger partial charge in [-0.3, -0.25) is 4.79 Å². The fourth-order valence-electron chi connectivity index (χ4n) is 3.49. The molecule has 0 atom stereocenters. The molecule has 0 aliphatic rings. The molecule has 8 heteroatoms. The highest BCUT2D eigenvalue weighted by Crippen LogP contribution is 2.30. The predicted octanol–water partition coefficient (Wildman–Crippen LogP) is 4.25. The fourth-order valence-corrected chi connectivity index (χ4v) is 3.66. The number of fused-ring (bicyclic) bond motifs is 4. The Balaban J connectivity index is 1.51. The maximum atomic E-state index is 12.6. The van der Waals surface area contributed by atoms with Gasteiger partial charge < -0.3 is 9.67 Å². The van der Waals surface area contributed by atoms with Gasteiger partial charge in [0.15, 0.2) is 5.65 Å². The van der Waals surface area contributed by atoms with Gasteiger partial charge in [-0.25, -0.2) is 15.4 Å². The Bertz CT molecular complexity index is 1470. The summed E-state index contributed by atoms with van der Waals surface area (Å²) < 4.78 is 1.81. The SMILES string of the molecule is O=C(Cn1c2ccc(Cl)cc2c2nc3ccccc3nc21)N/N=C/c1ccc(O)cc1. The van der Waals surface area contributed by atoms with E-state index in [0.717, 1.165) is 27.5 Å². The molecule has 31 heavy (non-hydrogen) atoms. The van der Waals surface area contributed by atoms with Gasteiger partial charge in [0.05, 0.1) is 22.8 Å². The number of aromatic hydroxyl groups is 1. The molecule has 0 saturated carbocycles. The van der Waals surface area contributed by atoms with Gasteiger partial charge in [0.1, 0.15) is 17.8 Å². The van der Waals surface area contributed by atoms with E-state index in [-0.39, 0.29) is 18.2 Å². The molecule has 0 fully saturated rings. The minimum atomic E-state index is -0.307. The molecule has 0 radical (unpaired) electrons. The molecule has 2 heterocycles. The molecule has 0 unspecified atom stereocenters. The number of phenols is 1. The van der Waals surface area contributed by atoms with Crippen LogP contribution in [0.25, 0.3) is 33.1 Å². The van der Waals surface area contributed by atoms with Crippen molar-refractivity contribution < 1.29 is 9.90 Å². The summed E-state index contributed by atoms with van der Waals surface area (Å²) in [5.74, 6) is -0.139. The van der Waals surface area contributed by atoms with Crippen molar-refractivity contribution in [1.29, 1.82) is 0 Å². The number of benzene rings is 3. The number of phenolic OH excluding ortho intramolecular Hbond substituents is 1. The van der Waals surface area contributed by atoms with Crippen LogP contribution in [0.1, 0.15) is 5.56 Å². The number of halogens is 1. The first-order valence-corrected chi connectivity index (χ1v) is 9.91. The van der Waals surface area contributed by atoms with E-state index in [4.69, 9.17) is 21.6 Å². The third-order valence-corrected chi connectivity index (χ3v) is 5.15. The maximum Gasteiger partial charge on any atom is 0.260 e. The molecule has 3 aromatic carbocycles. The van der Waals surface area contributed by atoms with Crippen LogP contribution in [-0.4, -0.2) is 31.8 Å². The molecule has 0 aliphatic carbocycles. The van der Waals surface area contributed by atoms with Gasteiger partial charge in [0, 0.05) is 10.4 Å². The van der Waals surface area contributed by atoms with Crippen LogP contribution >= 0.6 is 11.6 Å². The first-order chi connectivity index (χ1) is 15.1. The molecule has 0 aliphatic heterocycles. The second-order valence-electron chi connectivity index (χ2n) is 7.02. The molecule has 0 saturated heterocycles. The normalized spacial score (nSPS) is 11.6. The quantitative estimate of drug-likeness (QED) is 0.330. The molecular weight excluding hydrogens is 414 g/mol. The second kappa shape index (κ2) is 7.70. The minimum absolute atomic E-state index is 0.0154. The largest absolute Gasteiger partial charge is 0.508 e. The van der Waals surface area contributed by atoms with Crippen LogP contribution in [0.3, 0.4) is 0 Å². The van der Waals surface area contributed by atoms with Crippen molar-refractivity contribution in [2.45, 2.75) is 6.54 Å². The average molecular weight is 430 g/mol. The predicted molar refractivity (Wildman–Crippen MR) is 121 cm³/mol. The van der Waals surface area contributed by atoms with Gasteiger partial charge >= 0.3 is 0 Å². The third kappa shape index (κ3) is 3.67. The Morgan fingerprint density at radius 1 is 1.06 bits per heavy atom. The number of hydrogen-bond donors (Lipinski definition) is 2. The van der Waals surface area contributed by atoms with Crippen LogP contribution in [-0.2, 0) is 11.3 Å².